The van der Waals surface area contributed by atoms with Crippen molar-refractivity contribution in [3.63, 3.8) is 0 Å². The highest BCUT2D eigenvalue weighted by molar-refractivity contribution is 7.14. The van der Waals surface area contributed by atoms with Gasteiger partial charge in [-0.05, 0) is 50.6 Å². The summed E-state index contributed by atoms with van der Waals surface area (Å²) in [5.41, 5.74) is 2.03. The molecule has 3 rings (SSSR count). The van der Waals surface area contributed by atoms with E-state index in [1.54, 1.807) is 34.4 Å². The van der Waals surface area contributed by atoms with Crippen LogP contribution in [0.2, 0.25) is 10.0 Å². The normalized spacial score (nSPS) is 11.4. The number of nitrogens with zero attached hydrogens (tertiary/aromatic N) is 1. The van der Waals surface area contributed by atoms with Crippen LogP contribution in [0.4, 0.5) is 5.69 Å². The third kappa shape index (κ3) is 3.96. The van der Waals surface area contributed by atoms with Gasteiger partial charge in [0.25, 0.3) is 5.91 Å². The van der Waals surface area contributed by atoms with E-state index in [1.807, 2.05) is 50.4 Å². The molecule has 134 valence electrons. The predicted molar refractivity (Wildman–Crippen MR) is 113 cm³/mol. The molecule has 0 N–H and O–H groups in total. The van der Waals surface area contributed by atoms with Crippen LogP contribution in [0.5, 0.6) is 0 Å². The second kappa shape index (κ2) is 7.43. The fourth-order valence-electron chi connectivity index (χ4n) is 2.79. The van der Waals surface area contributed by atoms with Gasteiger partial charge in [-0.3, -0.25) is 4.79 Å². The van der Waals surface area contributed by atoms with E-state index in [4.69, 9.17) is 23.2 Å². The highest BCUT2D eigenvalue weighted by Gasteiger charge is 2.31. The zero-order valence-electron chi connectivity index (χ0n) is 14.8. The predicted octanol–water partition coefficient (Wildman–Crippen LogP) is 7.17. The molecular weight excluding hydrogens is 385 g/mol. The molecule has 3 aromatic rings. The van der Waals surface area contributed by atoms with Crippen LogP contribution in [0.15, 0.2) is 60.0 Å². The lowest BCUT2D eigenvalue weighted by molar-refractivity contribution is 0.0966. The molecule has 0 radical (unpaired) electrons. The molecule has 1 aromatic heterocycles. The third-order valence-corrected chi connectivity index (χ3v) is 5.45. The Morgan fingerprint density at radius 1 is 1.00 bits per heavy atom. The highest BCUT2D eigenvalue weighted by atomic mass is 35.5. The second-order valence-electron chi connectivity index (χ2n) is 6.97. The van der Waals surface area contributed by atoms with E-state index in [2.05, 4.69) is 12.1 Å². The van der Waals surface area contributed by atoms with Crippen LogP contribution < -0.4 is 4.90 Å². The molecule has 0 saturated heterocycles. The van der Waals surface area contributed by atoms with Gasteiger partial charge in [-0.1, -0.05) is 53.5 Å². The molecule has 1 amide bonds. The zero-order chi connectivity index (χ0) is 18.9. The van der Waals surface area contributed by atoms with E-state index in [0.717, 1.165) is 16.1 Å². The molecule has 0 atom stereocenters. The van der Waals surface area contributed by atoms with Crippen LogP contribution in [-0.4, -0.2) is 11.4 Å². The summed E-state index contributed by atoms with van der Waals surface area (Å²) < 4.78 is 0. The van der Waals surface area contributed by atoms with E-state index in [0.29, 0.717) is 15.6 Å². The monoisotopic (exact) mass is 403 g/mol. The standard InChI is InChI=1S/C21H19Cl2NOS/c1-21(2,3)24(20(25)17-10-9-15(22)11-18(17)23)16-12-19(26-13-16)14-7-5-4-6-8-14/h4-13H,1-3H3. The van der Waals surface area contributed by atoms with Crippen molar-refractivity contribution in [2.45, 2.75) is 26.3 Å². The molecule has 0 aliphatic rings. The van der Waals surface area contributed by atoms with Crippen molar-refractivity contribution < 1.29 is 4.79 Å². The Balaban J connectivity index is 2.02. The summed E-state index contributed by atoms with van der Waals surface area (Å²) in [4.78, 5) is 16.2. The van der Waals surface area contributed by atoms with E-state index >= 15 is 0 Å². The number of halogens is 2. The number of amides is 1. The first-order chi connectivity index (χ1) is 12.3. The Morgan fingerprint density at radius 3 is 2.31 bits per heavy atom. The van der Waals surface area contributed by atoms with Crippen molar-refractivity contribution in [3.05, 3.63) is 75.6 Å². The van der Waals surface area contributed by atoms with E-state index in [1.165, 1.54) is 0 Å². The largest absolute Gasteiger partial charge is 0.302 e. The summed E-state index contributed by atoms with van der Waals surface area (Å²) in [6, 6.07) is 17.1. The van der Waals surface area contributed by atoms with Crippen LogP contribution in [0, 0.1) is 0 Å². The molecule has 0 aliphatic carbocycles. The number of hydrogen-bond donors (Lipinski definition) is 0. The van der Waals surface area contributed by atoms with Crippen molar-refractivity contribution >= 4 is 46.1 Å². The fraction of sp³-hybridized carbons (Fsp3) is 0.190. The Labute approximate surface area is 168 Å². The maximum Gasteiger partial charge on any atom is 0.260 e. The average molecular weight is 404 g/mol. The lowest BCUT2D eigenvalue weighted by Crippen LogP contribution is -2.45. The first kappa shape index (κ1) is 19.0. The molecule has 26 heavy (non-hydrogen) atoms. The fourth-order valence-corrected chi connectivity index (χ4v) is 4.16. The Morgan fingerprint density at radius 2 is 1.69 bits per heavy atom. The first-order valence-corrected chi connectivity index (χ1v) is 9.84. The first-order valence-electron chi connectivity index (χ1n) is 8.21. The molecule has 5 heteroatoms. The van der Waals surface area contributed by atoms with Gasteiger partial charge in [0.05, 0.1) is 16.3 Å². The molecule has 1 heterocycles. The molecule has 0 unspecified atom stereocenters. The van der Waals surface area contributed by atoms with Crippen molar-refractivity contribution in [2.75, 3.05) is 4.90 Å². The second-order valence-corrected chi connectivity index (χ2v) is 8.73. The van der Waals surface area contributed by atoms with Gasteiger partial charge < -0.3 is 4.90 Å². The number of benzene rings is 2. The molecule has 0 saturated carbocycles. The lowest BCUT2D eigenvalue weighted by atomic mass is 10.0. The number of carbonyl (C=O) groups is 1. The number of carbonyl (C=O) groups excluding carboxylic acids is 1. The Hall–Kier alpha value is -1.81. The molecule has 0 spiro atoms. The minimum Gasteiger partial charge on any atom is -0.302 e. The summed E-state index contributed by atoms with van der Waals surface area (Å²) in [6.45, 7) is 6.03. The van der Waals surface area contributed by atoms with E-state index in [9.17, 15) is 4.79 Å². The summed E-state index contributed by atoms with van der Waals surface area (Å²) in [5, 5.41) is 2.88. The molecule has 0 fully saturated rings. The van der Waals surface area contributed by atoms with E-state index < -0.39 is 5.54 Å². The van der Waals surface area contributed by atoms with Crippen molar-refractivity contribution in [3.8, 4) is 10.4 Å². The molecule has 2 aromatic carbocycles. The van der Waals surface area contributed by atoms with Gasteiger partial charge in [0, 0.05) is 20.8 Å². The third-order valence-electron chi connectivity index (χ3n) is 3.94. The lowest BCUT2D eigenvalue weighted by Gasteiger charge is -2.35. The number of thiophene rings is 1. The number of hydrogen-bond acceptors (Lipinski definition) is 2. The molecular formula is C21H19Cl2NOS. The Bertz CT molecular complexity index is 929. The Kier molecular flexibility index (Phi) is 5.42. The summed E-state index contributed by atoms with van der Waals surface area (Å²) in [7, 11) is 0. The van der Waals surface area contributed by atoms with Gasteiger partial charge in [-0.2, -0.15) is 0 Å². The van der Waals surface area contributed by atoms with Crippen molar-refractivity contribution in [2.24, 2.45) is 0 Å². The van der Waals surface area contributed by atoms with Crippen LogP contribution in [-0.2, 0) is 0 Å². The molecule has 2 nitrogen and oxygen atoms in total. The van der Waals surface area contributed by atoms with Gasteiger partial charge in [-0.25, -0.2) is 0 Å². The minimum absolute atomic E-state index is 0.142. The van der Waals surface area contributed by atoms with Gasteiger partial charge in [0.15, 0.2) is 0 Å². The van der Waals surface area contributed by atoms with Gasteiger partial charge in [0.2, 0.25) is 0 Å². The SMILES string of the molecule is CC(C)(C)N(C(=O)c1ccc(Cl)cc1Cl)c1csc(-c2ccccc2)c1. The smallest absolute Gasteiger partial charge is 0.260 e. The molecule has 0 bridgehead atoms. The van der Waals surface area contributed by atoms with Crippen molar-refractivity contribution in [1.29, 1.82) is 0 Å². The van der Waals surface area contributed by atoms with Gasteiger partial charge >= 0.3 is 0 Å². The van der Waals surface area contributed by atoms with Crippen molar-refractivity contribution in [1.82, 2.24) is 0 Å². The van der Waals surface area contributed by atoms with Gasteiger partial charge in [-0.15, -0.1) is 11.3 Å². The van der Waals surface area contributed by atoms with Crippen LogP contribution >= 0.6 is 34.5 Å². The summed E-state index contributed by atoms with van der Waals surface area (Å²) >= 11 is 13.9. The summed E-state index contributed by atoms with van der Waals surface area (Å²) in [6.07, 6.45) is 0. The number of rotatable bonds is 3. The topological polar surface area (TPSA) is 20.3 Å². The van der Waals surface area contributed by atoms with Crippen LogP contribution in [0.3, 0.4) is 0 Å². The zero-order valence-corrected chi connectivity index (χ0v) is 17.1. The highest BCUT2D eigenvalue weighted by Crippen LogP contribution is 2.36. The molecule has 0 aliphatic heterocycles. The minimum atomic E-state index is -0.408. The van der Waals surface area contributed by atoms with E-state index in [-0.39, 0.29) is 5.91 Å². The van der Waals surface area contributed by atoms with Crippen LogP contribution in [0.1, 0.15) is 31.1 Å². The average Bonchev–Trinajstić information content (AvgIpc) is 3.03. The van der Waals surface area contributed by atoms with Crippen LogP contribution in [0.25, 0.3) is 10.4 Å². The van der Waals surface area contributed by atoms with Gasteiger partial charge in [0.1, 0.15) is 0 Å². The quantitative estimate of drug-likeness (QED) is 0.453. The number of anilines is 1. The maximum absolute atomic E-state index is 13.3. The summed E-state index contributed by atoms with van der Waals surface area (Å²) in [5.74, 6) is -0.142. The maximum atomic E-state index is 13.3.